The Labute approximate surface area is 123 Å². The Bertz CT molecular complexity index is 514. The van der Waals surface area contributed by atoms with Crippen molar-refractivity contribution in [1.29, 1.82) is 0 Å². The molecule has 0 aromatic carbocycles. The molecule has 1 aliphatic heterocycles. The summed E-state index contributed by atoms with van der Waals surface area (Å²) in [6.07, 6.45) is 2.90. The number of carbonyl (C=O) groups excluding carboxylic acids is 1. The van der Waals surface area contributed by atoms with Crippen LogP contribution >= 0.6 is 0 Å². The van der Waals surface area contributed by atoms with E-state index in [1.54, 1.807) is 6.92 Å². The van der Waals surface area contributed by atoms with Crippen LogP contribution < -0.4 is 0 Å². The summed E-state index contributed by atoms with van der Waals surface area (Å²) in [6, 6.07) is -0.708. The van der Waals surface area contributed by atoms with Gasteiger partial charge in [0.25, 0.3) is 0 Å². The molecule has 7 heteroatoms. The van der Waals surface area contributed by atoms with Crippen LogP contribution in [0.1, 0.15) is 44.3 Å². The minimum Gasteiger partial charge on any atom is -0.480 e. The quantitative estimate of drug-likeness (QED) is 0.882. The molecule has 21 heavy (non-hydrogen) atoms. The lowest BCUT2D eigenvalue weighted by Crippen LogP contribution is -2.50. The third-order valence-corrected chi connectivity index (χ3v) is 4.02. The van der Waals surface area contributed by atoms with E-state index in [0.29, 0.717) is 37.0 Å². The van der Waals surface area contributed by atoms with Crippen LogP contribution in [-0.4, -0.2) is 44.6 Å². The predicted molar refractivity (Wildman–Crippen MR) is 73.5 cm³/mol. The molecule has 2 heterocycles. The average Bonchev–Trinajstić information content (AvgIpc) is 2.89. The van der Waals surface area contributed by atoms with E-state index in [-0.39, 0.29) is 12.3 Å². The highest BCUT2D eigenvalue weighted by atomic mass is 16.5. The van der Waals surface area contributed by atoms with Gasteiger partial charge in [-0.2, -0.15) is 4.98 Å². The highest BCUT2D eigenvalue weighted by Gasteiger charge is 2.35. The zero-order chi connectivity index (χ0) is 15.4. The number of carbonyl (C=O) groups is 2. The Morgan fingerprint density at radius 1 is 1.48 bits per heavy atom. The predicted octanol–water partition coefficient (Wildman–Crippen LogP) is 1.41. The Morgan fingerprint density at radius 2 is 2.24 bits per heavy atom. The Balaban J connectivity index is 1.95. The molecule has 1 saturated heterocycles. The standard InChI is InChI=1S/C14H21N3O4/c1-3-10-6-7-17(11(8-10)14(19)20)13(18)5-4-12-15-9(2)16-21-12/h10-11H,3-8H2,1-2H3,(H,19,20). The summed E-state index contributed by atoms with van der Waals surface area (Å²) in [7, 11) is 0. The van der Waals surface area contributed by atoms with Gasteiger partial charge in [0.2, 0.25) is 11.8 Å². The number of hydrogen-bond acceptors (Lipinski definition) is 5. The molecule has 1 N–H and O–H groups in total. The molecule has 2 atom stereocenters. The monoisotopic (exact) mass is 295 g/mol. The van der Waals surface area contributed by atoms with E-state index < -0.39 is 12.0 Å². The molecule has 0 saturated carbocycles. The summed E-state index contributed by atoms with van der Waals surface area (Å²) in [5.74, 6) is 0.248. The third-order valence-electron chi connectivity index (χ3n) is 4.02. The van der Waals surface area contributed by atoms with Crippen molar-refractivity contribution >= 4 is 11.9 Å². The maximum Gasteiger partial charge on any atom is 0.326 e. The van der Waals surface area contributed by atoms with Gasteiger partial charge in [0, 0.05) is 19.4 Å². The number of carboxylic acids is 1. The lowest BCUT2D eigenvalue weighted by molar-refractivity contribution is -0.153. The van der Waals surface area contributed by atoms with Gasteiger partial charge in [0.05, 0.1) is 0 Å². The first-order valence-electron chi connectivity index (χ1n) is 7.32. The Kier molecular flexibility index (Phi) is 4.93. The van der Waals surface area contributed by atoms with Gasteiger partial charge in [-0.3, -0.25) is 4.79 Å². The van der Waals surface area contributed by atoms with Gasteiger partial charge in [0.15, 0.2) is 5.82 Å². The first-order chi connectivity index (χ1) is 10.0. The SMILES string of the molecule is CCC1CCN(C(=O)CCc2nc(C)no2)C(C(=O)O)C1. The molecule has 1 aromatic rings. The van der Waals surface area contributed by atoms with Crippen LogP contribution in [0.5, 0.6) is 0 Å². The van der Waals surface area contributed by atoms with Crippen molar-refractivity contribution in [3.8, 4) is 0 Å². The van der Waals surface area contributed by atoms with Gasteiger partial charge in [-0.1, -0.05) is 18.5 Å². The number of piperidine rings is 1. The van der Waals surface area contributed by atoms with Gasteiger partial charge < -0.3 is 14.5 Å². The Hall–Kier alpha value is -1.92. The van der Waals surface area contributed by atoms with Crippen molar-refractivity contribution in [2.75, 3.05) is 6.54 Å². The highest BCUT2D eigenvalue weighted by Crippen LogP contribution is 2.26. The van der Waals surface area contributed by atoms with Crippen molar-refractivity contribution in [3.63, 3.8) is 0 Å². The zero-order valence-corrected chi connectivity index (χ0v) is 12.4. The number of aryl methyl sites for hydroxylation is 2. The molecule has 7 nitrogen and oxygen atoms in total. The number of likely N-dealkylation sites (tertiary alicyclic amines) is 1. The first-order valence-corrected chi connectivity index (χ1v) is 7.32. The van der Waals surface area contributed by atoms with Crippen molar-refractivity contribution in [3.05, 3.63) is 11.7 Å². The number of rotatable bonds is 5. The Morgan fingerprint density at radius 3 is 2.81 bits per heavy atom. The van der Waals surface area contributed by atoms with Crippen LogP contribution in [0.15, 0.2) is 4.52 Å². The molecule has 0 spiro atoms. The van der Waals surface area contributed by atoms with Crippen LogP contribution in [0.25, 0.3) is 0 Å². The van der Waals surface area contributed by atoms with Crippen molar-refractivity contribution in [2.45, 2.75) is 52.0 Å². The molecule has 1 aliphatic rings. The second kappa shape index (κ2) is 6.69. The number of hydrogen-bond donors (Lipinski definition) is 1. The van der Waals surface area contributed by atoms with Crippen molar-refractivity contribution in [1.82, 2.24) is 15.0 Å². The fraction of sp³-hybridized carbons (Fsp3) is 0.714. The summed E-state index contributed by atoms with van der Waals surface area (Å²) < 4.78 is 4.96. The minimum atomic E-state index is -0.921. The lowest BCUT2D eigenvalue weighted by Gasteiger charge is -2.37. The average molecular weight is 295 g/mol. The molecule has 1 aromatic heterocycles. The van der Waals surface area contributed by atoms with E-state index in [1.807, 2.05) is 0 Å². The maximum atomic E-state index is 12.3. The van der Waals surface area contributed by atoms with Crippen LogP contribution in [-0.2, 0) is 16.0 Å². The zero-order valence-electron chi connectivity index (χ0n) is 12.4. The van der Waals surface area contributed by atoms with Gasteiger partial charge in [0.1, 0.15) is 6.04 Å². The fourth-order valence-electron chi connectivity index (χ4n) is 2.74. The number of aliphatic carboxylic acids is 1. The van der Waals surface area contributed by atoms with Gasteiger partial charge >= 0.3 is 5.97 Å². The number of amides is 1. The van der Waals surface area contributed by atoms with E-state index in [2.05, 4.69) is 17.1 Å². The topological polar surface area (TPSA) is 96.5 Å². The highest BCUT2D eigenvalue weighted by molar-refractivity contribution is 5.84. The molecule has 2 rings (SSSR count). The second-order valence-corrected chi connectivity index (χ2v) is 5.48. The molecular formula is C14H21N3O4. The molecule has 116 valence electrons. The molecule has 0 aliphatic carbocycles. The number of aromatic nitrogens is 2. The molecule has 0 bridgehead atoms. The third kappa shape index (κ3) is 3.80. The van der Waals surface area contributed by atoms with Gasteiger partial charge in [-0.25, -0.2) is 4.79 Å². The molecule has 1 fully saturated rings. The summed E-state index contributed by atoms with van der Waals surface area (Å²) in [5.41, 5.74) is 0. The summed E-state index contributed by atoms with van der Waals surface area (Å²) in [4.78, 5) is 29.2. The summed E-state index contributed by atoms with van der Waals surface area (Å²) in [6.45, 7) is 4.28. The minimum absolute atomic E-state index is 0.159. The number of nitrogens with zero attached hydrogens (tertiary/aromatic N) is 3. The second-order valence-electron chi connectivity index (χ2n) is 5.48. The van der Waals surface area contributed by atoms with Crippen LogP contribution in [0, 0.1) is 12.8 Å². The van der Waals surface area contributed by atoms with E-state index in [9.17, 15) is 14.7 Å². The van der Waals surface area contributed by atoms with Crippen molar-refractivity contribution < 1.29 is 19.2 Å². The molecule has 2 unspecified atom stereocenters. The van der Waals surface area contributed by atoms with E-state index in [1.165, 1.54) is 4.90 Å². The lowest BCUT2D eigenvalue weighted by atomic mass is 9.88. The van der Waals surface area contributed by atoms with Gasteiger partial charge in [-0.15, -0.1) is 0 Å². The van der Waals surface area contributed by atoms with Crippen molar-refractivity contribution in [2.24, 2.45) is 5.92 Å². The number of carboxylic acid groups (broad SMARTS) is 1. The first kappa shape index (κ1) is 15.5. The van der Waals surface area contributed by atoms with E-state index in [0.717, 1.165) is 12.8 Å². The fourth-order valence-corrected chi connectivity index (χ4v) is 2.74. The van der Waals surface area contributed by atoms with E-state index >= 15 is 0 Å². The normalized spacial score (nSPS) is 22.3. The summed E-state index contributed by atoms with van der Waals surface area (Å²) >= 11 is 0. The molecular weight excluding hydrogens is 274 g/mol. The molecule has 1 amide bonds. The largest absolute Gasteiger partial charge is 0.480 e. The van der Waals surface area contributed by atoms with Crippen LogP contribution in [0.3, 0.4) is 0 Å². The molecule has 0 radical (unpaired) electrons. The van der Waals surface area contributed by atoms with Crippen LogP contribution in [0.4, 0.5) is 0 Å². The maximum absolute atomic E-state index is 12.3. The smallest absolute Gasteiger partial charge is 0.326 e. The van der Waals surface area contributed by atoms with Gasteiger partial charge in [-0.05, 0) is 25.7 Å². The summed E-state index contributed by atoms with van der Waals surface area (Å²) in [5, 5.41) is 13.0. The van der Waals surface area contributed by atoms with E-state index in [4.69, 9.17) is 4.52 Å². The van der Waals surface area contributed by atoms with Crippen LogP contribution in [0.2, 0.25) is 0 Å².